The van der Waals surface area contributed by atoms with E-state index in [0.717, 1.165) is 6.26 Å². The monoisotopic (exact) mass is 617 g/mol. The highest BCUT2D eigenvalue weighted by Crippen LogP contribution is 2.31. The molecule has 1 aliphatic heterocycles. The molecular formula is C30H43N5O7S. The largest absolute Gasteiger partial charge is 0.488 e. The van der Waals surface area contributed by atoms with Gasteiger partial charge >= 0.3 is 0 Å². The number of likely N-dealkylation sites (N-methyl/N-ethyl adjacent to an activating group) is 1. The number of para-hydroxylation sites is 2. The minimum atomic E-state index is -3.46. The number of fused-ring (bicyclic) bond motifs is 1. The number of nitrogens with two attached hydrogens (primary N) is 1. The average Bonchev–Trinajstić information content (AvgIpc) is 2.95. The van der Waals surface area contributed by atoms with Gasteiger partial charge in [0.05, 0.1) is 42.4 Å². The molecule has 2 aromatic rings. The fourth-order valence-electron chi connectivity index (χ4n) is 4.70. The van der Waals surface area contributed by atoms with Crippen molar-refractivity contribution in [3.8, 4) is 5.75 Å². The van der Waals surface area contributed by atoms with Gasteiger partial charge < -0.3 is 31.1 Å². The van der Waals surface area contributed by atoms with Crippen molar-refractivity contribution in [1.82, 2.24) is 9.21 Å². The van der Waals surface area contributed by atoms with Gasteiger partial charge in [-0.25, -0.2) is 12.7 Å². The summed E-state index contributed by atoms with van der Waals surface area (Å²) in [5.74, 6) is -0.698. The van der Waals surface area contributed by atoms with Gasteiger partial charge in [0.25, 0.3) is 5.91 Å². The molecule has 1 aliphatic rings. The number of nitrogen functional groups attached to an aromatic ring is 1. The maximum atomic E-state index is 13.6. The van der Waals surface area contributed by atoms with Gasteiger partial charge in [-0.3, -0.25) is 14.4 Å². The van der Waals surface area contributed by atoms with Crippen molar-refractivity contribution in [2.24, 2.45) is 5.92 Å². The average molecular weight is 618 g/mol. The van der Waals surface area contributed by atoms with Crippen LogP contribution in [0.2, 0.25) is 0 Å². The van der Waals surface area contributed by atoms with Crippen LogP contribution < -0.4 is 21.1 Å². The third kappa shape index (κ3) is 9.66. The Bertz CT molecular complexity index is 1400. The van der Waals surface area contributed by atoms with E-state index in [1.165, 1.54) is 11.4 Å². The molecule has 2 aromatic carbocycles. The first kappa shape index (κ1) is 33.8. The van der Waals surface area contributed by atoms with Crippen LogP contribution >= 0.6 is 0 Å². The molecule has 0 radical (unpaired) electrons. The summed E-state index contributed by atoms with van der Waals surface area (Å²) in [6, 6.07) is 11.3. The second-order valence-electron chi connectivity index (χ2n) is 11.1. The first-order chi connectivity index (χ1) is 20.3. The van der Waals surface area contributed by atoms with Gasteiger partial charge in [-0.05, 0) is 50.1 Å². The third-order valence-electron chi connectivity index (χ3n) is 7.49. The number of hydrogen-bond donors (Lipinski definition) is 4. The second kappa shape index (κ2) is 15.2. The highest BCUT2D eigenvalue weighted by atomic mass is 32.2. The Kier molecular flexibility index (Phi) is 11.9. The van der Waals surface area contributed by atoms with Gasteiger partial charge in [-0.15, -0.1) is 0 Å². The summed E-state index contributed by atoms with van der Waals surface area (Å²) in [5, 5.41) is 15.4. The van der Waals surface area contributed by atoms with E-state index in [-0.39, 0.29) is 61.1 Å². The molecule has 43 heavy (non-hydrogen) atoms. The van der Waals surface area contributed by atoms with Crippen LogP contribution in [0.1, 0.15) is 56.3 Å². The van der Waals surface area contributed by atoms with Crippen LogP contribution in [0.3, 0.4) is 0 Å². The van der Waals surface area contributed by atoms with Crippen LogP contribution in [-0.4, -0.2) is 85.6 Å². The molecule has 5 N–H and O–H groups in total. The van der Waals surface area contributed by atoms with Crippen LogP contribution in [0.15, 0.2) is 42.5 Å². The standard InChI is InChI=1S/C30H43N5O7S/c1-20-17-35(21(2)19-36)30(39)23-16-22(14-15-26(23)42-27(20)18-34(3)43(4,40)41)32-28(37)12-6-5-7-13-29(38)33-25-11-9-8-10-24(25)31/h8-11,14-16,20-21,27,36H,5-7,12-13,17-19,31H2,1-4H3,(H,32,37)(H,33,38)/t20-,21+,27+/m0/s1. The maximum absolute atomic E-state index is 13.6. The number of amides is 3. The number of aliphatic hydroxyl groups is 1. The van der Waals surface area contributed by atoms with Gasteiger partial charge in [0.1, 0.15) is 11.9 Å². The Morgan fingerprint density at radius 3 is 2.40 bits per heavy atom. The first-order valence-electron chi connectivity index (χ1n) is 14.4. The Morgan fingerprint density at radius 1 is 1.12 bits per heavy atom. The number of rotatable bonds is 13. The molecule has 0 saturated carbocycles. The summed E-state index contributed by atoms with van der Waals surface area (Å²) in [4.78, 5) is 40.0. The highest BCUT2D eigenvalue weighted by Gasteiger charge is 2.34. The van der Waals surface area contributed by atoms with Gasteiger partial charge in [-0.1, -0.05) is 25.5 Å². The molecule has 0 spiro atoms. The lowest BCUT2D eigenvalue weighted by Gasteiger charge is -2.38. The summed E-state index contributed by atoms with van der Waals surface area (Å²) < 4.78 is 31.5. The second-order valence-corrected chi connectivity index (χ2v) is 13.2. The summed E-state index contributed by atoms with van der Waals surface area (Å²) in [6.07, 6.45) is 2.97. The quantitative estimate of drug-likeness (QED) is 0.196. The van der Waals surface area contributed by atoms with E-state index in [1.807, 2.05) is 6.92 Å². The minimum Gasteiger partial charge on any atom is -0.488 e. The van der Waals surface area contributed by atoms with Crippen LogP contribution in [0.5, 0.6) is 5.75 Å². The Hall–Kier alpha value is -3.68. The van der Waals surface area contributed by atoms with Crippen molar-refractivity contribution in [3.05, 3.63) is 48.0 Å². The summed E-state index contributed by atoms with van der Waals surface area (Å²) in [6.45, 7) is 3.68. The predicted octanol–water partition coefficient (Wildman–Crippen LogP) is 2.91. The molecule has 12 nitrogen and oxygen atoms in total. The van der Waals surface area contributed by atoms with Crippen molar-refractivity contribution in [2.75, 3.05) is 49.4 Å². The number of carbonyl (C=O) groups excluding carboxylic acids is 3. The molecule has 0 aliphatic carbocycles. The molecule has 0 fully saturated rings. The van der Waals surface area contributed by atoms with Crippen LogP contribution in [0.4, 0.5) is 17.1 Å². The number of benzene rings is 2. The van der Waals surface area contributed by atoms with E-state index in [0.29, 0.717) is 42.7 Å². The number of anilines is 3. The Morgan fingerprint density at radius 2 is 1.77 bits per heavy atom. The van der Waals surface area contributed by atoms with E-state index in [4.69, 9.17) is 10.5 Å². The molecule has 3 rings (SSSR count). The third-order valence-corrected chi connectivity index (χ3v) is 8.78. The zero-order valence-corrected chi connectivity index (χ0v) is 26.0. The number of unbranched alkanes of at least 4 members (excludes halogenated alkanes) is 2. The Balaban J connectivity index is 1.62. The van der Waals surface area contributed by atoms with E-state index in [9.17, 15) is 27.9 Å². The molecule has 0 saturated heterocycles. The predicted molar refractivity (Wildman–Crippen MR) is 166 cm³/mol. The lowest BCUT2D eigenvalue weighted by molar-refractivity contribution is -0.116. The zero-order chi connectivity index (χ0) is 31.7. The summed E-state index contributed by atoms with van der Waals surface area (Å²) in [5.41, 5.74) is 7.55. The highest BCUT2D eigenvalue weighted by molar-refractivity contribution is 7.88. The van der Waals surface area contributed by atoms with Crippen LogP contribution in [-0.2, 0) is 19.6 Å². The molecular weight excluding hydrogens is 574 g/mol. The van der Waals surface area contributed by atoms with Gasteiger partial charge in [-0.2, -0.15) is 0 Å². The molecule has 3 amide bonds. The van der Waals surface area contributed by atoms with Gasteiger partial charge in [0, 0.05) is 38.0 Å². The number of nitrogens with one attached hydrogen (secondary N) is 2. The lowest BCUT2D eigenvalue weighted by Crippen LogP contribution is -2.50. The van der Waals surface area contributed by atoms with Crippen molar-refractivity contribution in [2.45, 2.75) is 58.1 Å². The topological polar surface area (TPSA) is 171 Å². The van der Waals surface area contributed by atoms with Crippen molar-refractivity contribution in [1.29, 1.82) is 0 Å². The summed E-state index contributed by atoms with van der Waals surface area (Å²) >= 11 is 0. The fourth-order valence-corrected chi connectivity index (χ4v) is 5.12. The number of sulfonamides is 1. The normalized spacial score (nSPS) is 17.8. The molecule has 0 bridgehead atoms. The first-order valence-corrected chi connectivity index (χ1v) is 16.2. The van der Waals surface area contributed by atoms with E-state index < -0.39 is 22.2 Å². The summed E-state index contributed by atoms with van der Waals surface area (Å²) in [7, 11) is -1.99. The molecule has 1 heterocycles. The SMILES string of the molecule is C[C@H](CO)N1C[C@H](C)[C@@H](CN(C)S(C)(=O)=O)Oc2ccc(NC(=O)CCCCCC(=O)Nc3ccccc3N)cc2C1=O. The zero-order valence-electron chi connectivity index (χ0n) is 25.2. The molecule has 0 aromatic heterocycles. The van der Waals surface area contributed by atoms with E-state index in [2.05, 4.69) is 10.6 Å². The van der Waals surface area contributed by atoms with Crippen LogP contribution in [0.25, 0.3) is 0 Å². The fraction of sp³-hybridized carbons (Fsp3) is 0.500. The molecule has 236 valence electrons. The van der Waals surface area contributed by atoms with E-state index in [1.54, 1.807) is 54.3 Å². The van der Waals surface area contributed by atoms with E-state index >= 15 is 0 Å². The van der Waals surface area contributed by atoms with Crippen molar-refractivity contribution >= 4 is 44.8 Å². The number of nitrogens with zero attached hydrogens (tertiary/aromatic N) is 2. The smallest absolute Gasteiger partial charge is 0.258 e. The number of hydrogen-bond acceptors (Lipinski definition) is 8. The molecule has 0 unspecified atom stereocenters. The number of carbonyl (C=O) groups is 3. The molecule has 3 atom stereocenters. The minimum absolute atomic E-state index is 0.0788. The Labute approximate surface area is 253 Å². The number of ether oxygens (including phenoxy) is 1. The van der Waals surface area contributed by atoms with Crippen LogP contribution in [0, 0.1) is 5.92 Å². The number of aliphatic hydroxyl groups excluding tert-OH is 1. The van der Waals surface area contributed by atoms with Crippen molar-refractivity contribution < 1.29 is 32.6 Å². The lowest BCUT2D eigenvalue weighted by atomic mass is 9.99. The maximum Gasteiger partial charge on any atom is 0.258 e. The van der Waals surface area contributed by atoms with Gasteiger partial charge in [0.2, 0.25) is 21.8 Å². The van der Waals surface area contributed by atoms with Gasteiger partial charge in [0.15, 0.2) is 0 Å². The van der Waals surface area contributed by atoms with Crippen molar-refractivity contribution in [3.63, 3.8) is 0 Å². The molecule has 13 heteroatoms.